The molecule has 0 radical (unpaired) electrons. The van der Waals surface area contributed by atoms with Crippen LogP contribution in [0.1, 0.15) is 41.5 Å². The molecule has 2 aromatic carbocycles. The second kappa shape index (κ2) is 5.96. The fraction of sp³-hybridized carbons (Fsp3) is 0.294. The smallest absolute Gasteiger partial charge is 0.123 e. The normalized spacial score (nSPS) is 21.1. The van der Waals surface area contributed by atoms with Gasteiger partial charge in [-0.2, -0.15) is 0 Å². The van der Waals surface area contributed by atoms with Crippen molar-refractivity contribution >= 4 is 23.2 Å². The molecule has 3 rings (SSSR count). The van der Waals surface area contributed by atoms with Gasteiger partial charge in [0.2, 0.25) is 0 Å². The highest BCUT2D eigenvalue weighted by Gasteiger charge is 2.28. The first-order valence-electron chi connectivity index (χ1n) is 7.01. The quantitative estimate of drug-likeness (QED) is 0.788. The van der Waals surface area contributed by atoms with Crippen molar-refractivity contribution in [3.63, 3.8) is 0 Å². The van der Waals surface area contributed by atoms with Gasteiger partial charge < -0.3 is 5.32 Å². The molecule has 0 amide bonds. The van der Waals surface area contributed by atoms with Gasteiger partial charge in [0, 0.05) is 12.0 Å². The Morgan fingerprint density at radius 2 is 1.81 bits per heavy atom. The van der Waals surface area contributed by atoms with Gasteiger partial charge in [-0.05, 0) is 60.8 Å². The van der Waals surface area contributed by atoms with Gasteiger partial charge in [-0.25, -0.2) is 4.39 Å². The Morgan fingerprint density at radius 3 is 2.52 bits per heavy atom. The van der Waals surface area contributed by atoms with Crippen LogP contribution in [-0.2, 0) is 0 Å². The molecular weight excluding hydrogens is 308 g/mol. The lowest BCUT2D eigenvalue weighted by molar-refractivity contribution is 0.467. The summed E-state index contributed by atoms with van der Waals surface area (Å²) in [5.41, 5.74) is 3.30. The van der Waals surface area contributed by atoms with Crippen LogP contribution in [0.15, 0.2) is 36.4 Å². The van der Waals surface area contributed by atoms with E-state index in [0.29, 0.717) is 10.0 Å². The first kappa shape index (κ1) is 14.8. The van der Waals surface area contributed by atoms with Crippen LogP contribution in [0.5, 0.6) is 0 Å². The van der Waals surface area contributed by atoms with Crippen LogP contribution in [0.3, 0.4) is 0 Å². The number of rotatable bonds is 2. The Balaban J connectivity index is 2.08. The van der Waals surface area contributed by atoms with Crippen molar-refractivity contribution in [1.29, 1.82) is 0 Å². The number of hydrogen-bond donors (Lipinski definition) is 1. The molecule has 4 heteroatoms. The molecule has 0 saturated heterocycles. The predicted molar refractivity (Wildman–Crippen MR) is 85.7 cm³/mol. The second-order valence-corrected chi connectivity index (χ2v) is 6.23. The molecule has 0 unspecified atom stereocenters. The van der Waals surface area contributed by atoms with Gasteiger partial charge in [-0.3, -0.25) is 0 Å². The van der Waals surface area contributed by atoms with E-state index in [4.69, 9.17) is 23.2 Å². The zero-order valence-electron chi connectivity index (χ0n) is 11.7. The molecule has 1 nitrogen and oxygen atoms in total. The van der Waals surface area contributed by atoms with Crippen LogP contribution in [0.25, 0.3) is 0 Å². The van der Waals surface area contributed by atoms with Gasteiger partial charge in [-0.15, -0.1) is 0 Å². The number of nitrogens with one attached hydrogen (secondary N) is 1. The van der Waals surface area contributed by atoms with Crippen molar-refractivity contribution < 1.29 is 4.39 Å². The lowest BCUT2D eigenvalue weighted by atomic mass is 9.77. The maximum atomic E-state index is 13.7. The summed E-state index contributed by atoms with van der Waals surface area (Å²) in [4.78, 5) is 0. The summed E-state index contributed by atoms with van der Waals surface area (Å²) in [5, 5.41) is 4.39. The fourth-order valence-corrected chi connectivity index (χ4v) is 3.49. The number of benzene rings is 2. The Bertz CT molecular complexity index is 672. The molecule has 2 aromatic rings. The highest BCUT2D eigenvalue weighted by Crippen LogP contribution is 2.42. The SMILES string of the molecule is CN[C@H]1CC[C@@H](c2ccc(Cl)c(Cl)c2)c2cc(F)ccc21. The minimum Gasteiger partial charge on any atom is -0.313 e. The molecule has 1 N–H and O–H groups in total. The van der Waals surface area contributed by atoms with Crippen LogP contribution in [0.2, 0.25) is 10.0 Å². The minimum atomic E-state index is -0.199. The third-order valence-corrected chi connectivity index (χ3v) is 4.98. The van der Waals surface area contributed by atoms with E-state index in [1.54, 1.807) is 6.07 Å². The number of hydrogen-bond acceptors (Lipinski definition) is 1. The fourth-order valence-electron chi connectivity index (χ4n) is 3.18. The largest absolute Gasteiger partial charge is 0.313 e. The molecule has 2 atom stereocenters. The van der Waals surface area contributed by atoms with Crippen molar-refractivity contribution in [2.45, 2.75) is 24.8 Å². The Kier molecular flexibility index (Phi) is 4.21. The highest BCUT2D eigenvalue weighted by molar-refractivity contribution is 6.42. The first-order valence-corrected chi connectivity index (χ1v) is 7.77. The summed E-state index contributed by atoms with van der Waals surface area (Å²) in [7, 11) is 1.94. The summed E-state index contributed by atoms with van der Waals surface area (Å²) in [5.74, 6) is -0.0365. The molecule has 0 fully saturated rings. The third-order valence-electron chi connectivity index (χ3n) is 4.24. The van der Waals surface area contributed by atoms with Crippen molar-refractivity contribution in [3.8, 4) is 0 Å². The van der Waals surface area contributed by atoms with E-state index >= 15 is 0 Å². The molecule has 0 aliphatic heterocycles. The van der Waals surface area contributed by atoms with Crippen molar-refractivity contribution in [2.24, 2.45) is 0 Å². The maximum Gasteiger partial charge on any atom is 0.123 e. The van der Waals surface area contributed by atoms with E-state index in [2.05, 4.69) is 5.32 Å². The average Bonchev–Trinajstić information content (AvgIpc) is 2.49. The van der Waals surface area contributed by atoms with Gasteiger partial charge in [0.1, 0.15) is 5.82 Å². The van der Waals surface area contributed by atoms with Gasteiger partial charge in [0.15, 0.2) is 0 Å². The Morgan fingerprint density at radius 1 is 1.00 bits per heavy atom. The first-order chi connectivity index (χ1) is 10.1. The van der Waals surface area contributed by atoms with Crippen LogP contribution in [-0.4, -0.2) is 7.05 Å². The zero-order valence-corrected chi connectivity index (χ0v) is 13.2. The van der Waals surface area contributed by atoms with Crippen LogP contribution in [0.4, 0.5) is 4.39 Å². The summed E-state index contributed by atoms with van der Waals surface area (Å²) in [6.07, 6.45) is 1.97. The standard InChI is InChI=1S/C17H16Cl2FN/c1-21-17-7-5-12(10-2-6-15(18)16(19)8-10)14-9-11(20)3-4-13(14)17/h2-4,6,8-9,12,17,21H,5,7H2,1H3/t12-,17-/m0/s1. The van der Waals surface area contributed by atoms with E-state index in [-0.39, 0.29) is 17.8 Å². The topological polar surface area (TPSA) is 12.0 Å². The Hall–Kier alpha value is -1.09. The zero-order chi connectivity index (χ0) is 15.0. The van der Waals surface area contributed by atoms with Gasteiger partial charge in [0.25, 0.3) is 0 Å². The average molecular weight is 324 g/mol. The van der Waals surface area contributed by atoms with E-state index in [1.807, 2.05) is 31.3 Å². The molecule has 0 heterocycles. The second-order valence-electron chi connectivity index (χ2n) is 5.42. The summed E-state index contributed by atoms with van der Waals surface area (Å²) in [6, 6.07) is 11.0. The molecule has 0 saturated carbocycles. The van der Waals surface area contributed by atoms with E-state index in [0.717, 1.165) is 24.0 Å². The lowest BCUT2D eigenvalue weighted by Gasteiger charge is -2.32. The monoisotopic (exact) mass is 323 g/mol. The molecule has 21 heavy (non-hydrogen) atoms. The molecule has 1 aliphatic rings. The number of fused-ring (bicyclic) bond motifs is 1. The predicted octanol–water partition coefficient (Wildman–Crippen LogP) is 5.32. The third kappa shape index (κ3) is 2.80. The van der Waals surface area contributed by atoms with Crippen LogP contribution in [0, 0.1) is 5.82 Å². The van der Waals surface area contributed by atoms with Gasteiger partial charge >= 0.3 is 0 Å². The van der Waals surface area contributed by atoms with Crippen molar-refractivity contribution in [3.05, 3.63) is 69.0 Å². The lowest BCUT2D eigenvalue weighted by Crippen LogP contribution is -2.24. The van der Waals surface area contributed by atoms with Gasteiger partial charge in [0.05, 0.1) is 10.0 Å². The maximum absolute atomic E-state index is 13.7. The number of halogens is 3. The van der Waals surface area contributed by atoms with Crippen molar-refractivity contribution in [1.82, 2.24) is 5.32 Å². The van der Waals surface area contributed by atoms with Gasteiger partial charge in [-0.1, -0.05) is 35.3 Å². The molecule has 110 valence electrons. The summed E-state index contributed by atoms with van der Waals surface area (Å²) >= 11 is 12.1. The Labute approximate surface area is 134 Å². The van der Waals surface area contributed by atoms with E-state index in [1.165, 1.54) is 11.6 Å². The molecule has 1 aliphatic carbocycles. The molecule has 0 bridgehead atoms. The van der Waals surface area contributed by atoms with Crippen molar-refractivity contribution in [2.75, 3.05) is 7.05 Å². The highest BCUT2D eigenvalue weighted by atomic mass is 35.5. The van der Waals surface area contributed by atoms with E-state index in [9.17, 15) is 4.39 Å². The van der Waals surface area contributed by atoms with E-state index < -0.39 is 0 Å². The summed E-state index contributed by atoms with van der Waals surface area (Å²) < 4.78 is 13.7. The van der Waals surface area contributed by atoms with Crippen LogP contribution < -0.4 is 5.32 Å². The molecular formula is C17H16Cl2FN. The molecule has 0 aromatic heterocycles. The van der Waals surface area contributed by atoms with Crippen LogP contribution >= 0.6 is 23.2 Å². The molecule has 0 spiro atoms. The summed E-state index contributed by atoms with van der Waals surface area (Å²) in [6.45, 7) is 0. The minimum absolute atomic E-state index is 0.162.